The second-order valence-corrected chi connectivity index (χ2v) is 8.95. The van der Waals surface area contributed by atoms with E-state index >= 15 is 0 Å². The number of nitro benzene ring substituents is 1. The number of amides is 1. The Bertz CT molecular complexity index is 893. The molecule has 1 heterocycles. The van der Waals surface area contributed by atoms with E-state index in [1.165, 1.54) is 12.1 Å². The van der Waals surface area contributed by atoms with E-state index in [0.717, 1.165) is 17.0 Å². The van der Waals surface area contributed by atoms with E-state index in [0.29, 0.717) is 0 Å². The summed E-state index contributed by atoms with van der Waals surface area (Å²) in [6.45, 7) is 4.61. The molecular weight excluding hydrogens is 394 g/mol. The van der Waals surface area contributed by atoms with Gasteiger partial charge in [-0.15, -0.1) is 0 Å². The quantitative estimate of drug-likeness (QED) is 0.539. The van der Waals surface area contributed by atoms with Crippen LogP contribution in [0.2, 0.25) is 0 Å². The molecule has 1 aromatic rings. The highest BCUT2D eigenvalue weighted by atomic mass is 32.2. The topological polar surface area (TPSA) is 156 Å². The average molecular weight is 415 g/mol. The number of carbonyl (C=O) groups excluding carboxylic acids is 1. The molecular formula is C16H21N3O8S. The summed E-state index contributed by atoms with van der Waals surface area (Å²) in [4.78, 5) is 34.4. The van der Waals surface area contributed by atoms with Gasteiger partial charge in [0.15, 0.2) is 4.90 Å². The third kappa shape index (κ3) is 4.95. The highest BCUT2D eigenvalue weighted by Gasteiger charge is 2.43. The zero-order valence-corrected chi connectivity index (χ0v) is 16.3. The van der Waals surface area contributed by atoms with Crippen LogP contribution in [0.1, 0.15) is 27.2 Å². The molecule has 1 fully saturated rings. The molecule has 0 unspecified atom stereocenters. The Hall–Kier alpha value is -2.73. The summed E-state index contributed by atoms with van der Waals surface area (Å²) in [7, 11) is -4.32. The normalized spacial score (nSPS) is 20.0. The summed E-state index contributed by atoms with van der Waals surface area (Å²) >= 11 is 0. The largest absolute Gasteiger partial charge is 0.480 e. The lowest BCUT2D eigenvalue weighted by atomic mass is 10.2. The molecule has 11 nitrogen and oxygen atoms in total. The number of carboxylic acids is 1. The lowest BCUT2D eigenvalue weighted by Gasteiger charge is -2.26. The molecule has 0 aliphatic carbocycles. The van der Waals surface area contributed by atoms with Gasteiger partial charge in [-0.05, 0) is 33.3 Å². The Kier molecular flexibility index (Phi) is 5.94. The molecule has 154 valence electrons. The van der Waals surface area contributed by atoms with Gasteiger partial charge in [-0.3, -0.25) is 15.0 Å². The average Bonchev–Trinajstić information content (AvgIpc) is 2.97. The van der Waals surface area contributed by atoms with Gasteiger partial charge in [0.1, 0.15) is 11.6 Å². The first-order valence-corrected chi connectivity index (χ1v) is 9.78. The second kappa shape index (κ2) is 7.72. The van der Waals surface area contributed by atoms with Crippen molar-refractivity contribution in [1.29, 1.82) is 0 Å². The smallest absolute Gasteiger partial charge is 0.411 e. The molecule has 2 rings (SSSR count). The number of hydrogen-bond donors (Lipinski definition) is 2. The molecule has 2 N–H and O–H groups in total. The van der Waals surface area contributed by atoms with Crippen LogP contribution in [-0.4, -0.2) is 59.6 Å². The van der Waals surface area contributed by atoms with Crippen molar-refractivity contribution in [2.75, 3.05) is 6.54 Å². The zero-order valence-electron chi connectivity index (χ0n) is 15.5. The number of likely N-dealkylation sites (tertiary alicyclic amines) is 1. The molecule has 1 aliphatic heterocycles. The number of para-hydroxylation sites is 1. The molecule has 28 heavy (non-hydrogen) atoms. The van der Waals surface area contributed by atoms with Crippen molar-refractivity contribution in [3.8, 4) is 0 Å². The van der Waals surface area contributed by atoms with E-state index in [1.807, 2.05) is 0 Å². The fourth-order valence-corrected chi connectivity index (χ4v) is 4.21. The fourth-order valence-electron chi connectivity index (χ4n) is 2.80. The molecule has 0 bridgehead atoms. The van der Waals surface area contributed by atoms with Crippen molar-refractivity contribution in [3.05, 3.63) is 34.4 Å². The van der Waals surface area contributed by atoms with Crippen molar-refractivity contribution in [2.45, 2.75) is 49.8 Å². The molecule has 2 atom stereocenters. The van der Waals surface area contributed by atoms with Gasteiger partial charge in [-0.25, -0.2) is 22.7 Å². The van der Waals surface area contributed by atoms with Crippen molar-refractivity contribution >= 4 is 27.8 Å². The molecule has 0 spiro atoms. The van der Waals surface area contributed by atoms with Crippen molar-refractivity contribution in [1.82, 2.24) is 9.62 Å². The maximum absolute atomic E-state index is 12.6. The Labute approximate surface area is 161 Å². The SMILES string of the molecule is CC(C)(C)OC(=O)N1C[C@H](NS(=O)(=O)c2ccccc2[N+](=O)[O-])C[C@H]1C(=O)O. The van der Waals surface area contributed by atoms with Crippen LogP contribution >= 0.6 is 0 Å². The van der Waals surface area contributed by atoms with E-state index in [9.17, 15) is 33.2 Å². The van der Waals surface area contributed by atoms with Gasteiger partial charge in [-0.2, -0.15) is 0 Å². The summed E-state index contributed by atoms with van der Waals surface area (Å²) in [5.74, 6) is -1.31. The lowest BCUT2D eigenvalue weighted by Crippen LogP contribution is -2.44. The summed E-state index contributed by atoms with van der Waals surface area (Å²) in [5, 5.41) is 20.5. The summed E-state index contributed by atoms with van der Waals surface area (Å²) < 4.78 is 32.6. The number of rotatable bonds is 5. The van der Waals surface area contributed by atoms with E-state index in [1.54, 1.807) is 20.8 Å². The highest BCUT2D eigenvalue weighted by molar-refractivity contribution is 7.89. The predicted molar refractivity (Wildman–Crippen MR) is 96.2 cm³/mol. The molecule has 0 saturated carbocycles. The summed E-state index contributed by atoms with van der Waals surface area (Å²) in [6, 6.07) is 2.57. The van der Waals surface area contributed by atoms with Gasteiger partial charge in [0.05, 0.1) is 4.92 Å². The number of carbonyl (C=O) groups is 2. The van der Waals surface area contributed by atoms with Crippen LogP contribution in [-0.2, 0) is 19.6 Å². The van der Waals surface area contributed by atoms with Gasteiger partial charge >= 0.3 is 12.1 Å². The van der Waals surface area contributed by atoms with Crippen LogP contribution in [0.3, 0.4) is 0 Å². The van der Waals surface area contributed by atoms with E-state index in [2.05, 4.69) is 4.72 Å². The van der Waals surface area contributed by atoms with Gasteiger partial charge in [0.2, 0.25) is 10.0 Å². The number of benzene rings is 1. The van der Waals surface area contributed by atoms with Crippen LogP contribution in [0.25, 0.3) is 0 Å². The Morgan fingerprint density at radius 3 is 2.46 bits per heavy atom. The minimum atomic E-state index is -4.32. The number of nitrogens with one attached hydrogen (secondary N) is 1. The Morgan fingerprint density at radius 2 is 1.93 bits per heavy atom. The zero-order chi connectivity index (χ0) is 21.3. The minimum Gasteiger partial charge on any atom is -0.480 e. The first-order valence-electron chi connectivity index (χ1n) is 8.30. The highest BCUT2D eigenvalue weighted by Crippen LogP contribution is 2.26. The maximum atomic E-state index is 12.6. The van der Waals surface area contributed by atoms with Crippen molar-refractivity contribution < 1.29 is 32.8 Å². The van der Waals surface area contributed by atoms with Crippen LogP contribution in [0.15, 0.2) is 29.2 Å². The number of nitro groups is 1. The standard InChI is InChI=1S/C16H21N3O8S/c1-16(2,3)27-15(22)18-9-10(8-12(18)14(20)21)17-28(25,26)13-7-5-4-6-11(13)19(23)24/h4-7,10,12,17H,8-9H2,1-3H3,(H,20,21)/t10-,12+/m1/s1. The van der Waals surface area contributed by atoms with Gasteiger partial charge in [-0.1, -0.05) is 12.1 Å². The van der Waals surface area contributed by atoms with E-state index in [4.69, 9.17) is 4.74 Å². The van der Waals surface area contributed by atoms with Crippen LogP contribution < -0.4 is 4.72 Å². The summed E-state index contributed by atoms with van der Waals surface area (Å²) in [6.07, 6.45) is -1.08. The molecule has 0 aromatic heterocycles. The number of carboxylic acid groups (broad SMARTS) is 1. The predicted octanol–water partition coefficient (Wildman–Crippen LogP) is 1.34. The van der Waals surface area contributed by atoms with Crippen LogP contribution in [0.5, 0.6) is 0 Å². The van der Waals surface area contributed by atoms with Crippen molar-refractivity contribution in [3.63, 3.8) is 0 Å². The monoisotopic (exact) mass is 415 g/mol. The number of aliphatic carboxylic acids is 1. The molecule has 0 radical (unpaired) electrons. The Balaban J connectivity index is 2.24. The first-order chi connectivity index (χ1) is 12.8. The maximum Gasteiger partial charge on any atom is 0.411 e. The molecule has 1 aromatic carbocycles. The van der Waals surface area contributed by atoms with Crippen molar-refractivity contribution in [2.24, 2.45) is 0 Å². The van der Waals surface area contributed by atoms with Gasteiger partial charge in [0.25, 0.3) is 5.69 Å². The first kappa shape index (κ1) is 21.6. The Morgan fingerprint density at radius 1 is 1.32 bits per heavy atom. The van der Waals surface area contributed by atoms with Gasteiger partial charge in [0, 0.05) is 18.7 Å². The van der Waals surface area contributed by atoms with E-state index < -0.39 is 55.3 Å². The third-order valence-corrected chi connectivity index (χ3v) is 5.46. The van der Waals surface area contributed by atoms with E-state index in [-0.39, 0.29) is 13.0 Å². The molecule has 12 heteroatoms. The lowest BCUT2D eigenvalue weighted by molar-refractivity contribution is -0.387. The van der Waals surface area contributed by atoms with Gasteiger partial charge < -0.3 is 9.84 Å². The molecule has 1 aliphatic rings. The second-order valence-electron chi connectivity index (χ2n) is 7.27. The number of nitrogens with zero attached hydrogens (tertiary/aromatic N) is 2. The number of sulfonamides is 1. The fraction of sp³-hybridized carbons (Fsp3) is 0.500. The number of ether oxygens (including phenoxy) is 1. The third-order valence-electron chi connectivity index (χ3n) is 3.89. The number of hydrogen-bond acceptors (Lipinski definition) is 7. The summed E-state index contributed by atoms with van der Waals surface area (Å²) in [5.41, 5.74) is -1.46. The van der Waals surface area contributed by atoms with Crippen LogP contribution in [0, 0.1) is 10.1 Å². The minimum absolute atomic E-state index is 0.200. The molecule has 1 amide bonds. The van der Waals surface area contributed by atoms with Crippen LogP contribution in [0.4, 0.5) is 10.5 Å². The molecule has 1 saturated heterocycles.